The molecule has 0 amide bonds. The van der Waals surface area contributed by atoms with Gasteiger partial charge in [-0.25, -0.2) is 0 Å². The predicted octanol–water partition coefficient (Wildman–Crippen LogP) is 4.85. The van der Waals surface area contributed by atoms with E-state index in [4.69, 9.17) is 0 Å². The van der Waals surface area contributed by atoms with Gasteiger partial charge in [-0.15, -0.1) is 0 Å². The molecule has 0 saturated carbocycles. The maximum atomic E-state index is 11.0. The van der Waals surface area contributed by atoms with Crippen LogP contribution in [0.2, 0.25) is 0 Å². The van der Waals surface area contributed by atoms with E-state index in [0.717, 1.165) is 10.9 Å². The number of carbonyl (C=O) groups is 1. The Labute approximate surface area is 168 Å². The molecule has 0 bridgehead atoms. The van der Waals surface area contributed by atoms with E-state index in [1.165, 1.54) is 7.11 Å². The second-order valence-electron chi connectivity index (χ2n) is 4.95. The van der Waals surface area contributed by atoms with E-state index in [0.29, 0.717) is 23.7 Å². The molecule has 0 rings (SSSR count). The number of ether oxygens (including phenoxy) is 1. The second-order valence-corrected chi connectivity index (χ2v) is 7.31. The topological polar surface area (TPSA) is 66.8 Å². The highest BCUT2D eigenvalue weighted by Gasteiger charge is 2.09. The largest absolute Gasteiger partial charge is 0.469 e. The van der Waals surface area contributed by atoms with E-state index in [1.54, 1.807) is 23.2 Å². The average Bonchev–Trinajstić information content (AvgIpc) is 2.54. The fraction of sp³-hybridized carbons (Fsp3) is 0.471. The molecule has 136 valence electrons. The van der Waals surface area contributed by atoms with E-state index < -0.39 is 12.2 Å². The van der Waals surface area contributed by atoms with Crippen LogP contribution >= 0.6 is 47.8 Å². The minimum absolute atomic E-state index is 0.280. The molecule has 0 aliphatic heterocycles. The molecule has 0 aromatic carbocycles. The van der Waals surface area contributed by atoms with Crippen molar-refractivity contribution in [2.75, 3.05) is 7.11 Å². The Hall–Kier alpha value is -0.210. The number of aliphatic hydroxyl groups is 2. The third-order valence-electron chi connectivity index (χ3n) is 3.02. The number of esters is 1. The zero-order chi connectivity index (χ0) is 18.4. The summed E-state index contributed by atoms with van der Waals surface area (Å²) in [7, 11) is 1.34. The molecular formula is C17H23Br3O4. The third-order valence-corrected chi connectivity index (χ3v) is 4.66. The van der Waals surface area contributed by atoms with E-state index in [2.05, 4.69) is 52.5 Å². The monoisotopic (exact) mass is 528 g/mol. The summed E-state index contributed by atoms with van der Waals surface area (Å²) in [5, 5.41) is 19.8. The zero-order valence-corrected chi connectivity index (χ0v) is 18.3. The summed E-state index contributed by atoms with van der Waals surface area (Å²) in [6.07, 6.45) is 10.3. The van der Waals surface area contributed by atoms with Crippen molar-refractivity contribution in [2.24, 2.45) is 0 Å². The summed E-state index contributed by atoms with van der Waals surface area (Å²) in [5.41, 5.74) is 0. The molecule has 4 nitrogen and oxygen atoms in total. The number of rotatable bonds is 11. The van der Waals surface area contributed by atoms with Crippen LogP contribution in [0.15, 0.2) is 44.3 Å². The van der Waals surface area contributed by atoms with Crippen molar-refractivity contribution >= 4 is 53.8 Å². The van der Waals surface area contributed by atoms with Crippen LogP contribution in [0.3, 0.4) is 0 Å². The van der Waals surface area contributed by atoms with Crippen molar-refractivity contribution in [3.63, 3.8) is 0 Å². The molecule has 0 aromatic heterocycles. The van der Waals surface area contributed by atoms with Crippen molar-refractivity contribution in [1.82, 2.24) is 0 Å². The molecule has 0 unspecified atom stereocenters. The summed E-state index contributed by atoms with van der Waals surface area (Å²) < 4.78 is 6.11. The Bertz CT molecular complexity index is 484. The molecule has 0 spiro atoms. The first-order chi connectivity index (χ1) is 11.4. The van der Waals surface area contributed by atoms with Crippen molar-refractivity contribution < 1.29 is 19.7 Å². The molecule has 2 atom stereocenters. The summed E-state index contributed by atoms with van der Waals surface area (Å²) in [6, 6.07) is 0. The molecule has 2 N–H and O–H groups in total. The fourth-order valence-corrected chi connectivity index (χ4v) is 3.07. The van der Waals surface area contributed by atoms with Crippen molar-refractivity contribution in [2.45, 2.75) is 44.3 Å². The second kappa shape index (κ2) is 15.1. The summed E-state index contributed by atoms with van der Waals surface area (Å²) in [4.78, 5) is 12.7. The summed E-state index contributed by atoms with van der Waals surface area (Å²) in [5.74, 6) is -0.280. The Balaban J connectivity index is 4.17. The normalized spacial score (nSPS) is 15.9. The van der Waals surface area contributed by atoms with Crippen LogP contribution in [0.5, 0.6) is 0 Å². The molecule has 0 radical (unpaired) electrons. The van der Waals surface area contributed by atoms with Crippen LogP contribution in [-0.4, -0.2) is 35.5 Å². The lowest BCUT2D eigenvalue weighted by atomic mass is 10.1. The lowest BCUT2D eigenvalue weighted by Gasteiger charge is -2.08. The Morgan fingerprint density at radius 1 is 1.25 bits per heavy atom. The van der Waals surface area contributed by atoms with Gasteiger partial charge < -0.3 is 14.9 Å². The summed E-state index contributed by atoms with van der Waals surface area (Å²) >= 11 is 9.87. The van der Waals surface area contributed by atoms with Crippen LogP contribution in [0.25, 0.3) is 0 Å². The van der Waals surface area contributed by atoms with Gasteiger partial charge in [0, 0.05) is 15.4 Å². The van der Waals surface area contributed by atoms with Crippen LogP contribution in [0, 0.1) is 0 Å². The quantitative estimate of drug-likeness (QED) is 0.296. The molecular weight excluding hydrogens is 508 g/mol. The van der Waals surface area contributed by atoms with Gasteiger partial charge in [-0.1, -0.05) is 66.0 Å². The van der Waals surface area contributed by atoms with Crippen LogP contribution in [0.4, 0.5) is 0 Å². The minimum Gasteiger partial charge on any atom is -0.469 e. The maximum absolute atomic E-state index is 11.0. The Kier molecular flexibility index (Phi) is 14.9. The number of methoxy groups -OCH3 is 1. The number of carbonyl (C=O) groups excluding carboxylic acids is 1. The van der Waals surface area contributed by atoms with E-state index in [9.17, 15) is 15.0 Å². The van der Waals surface area contributed by atoms with Gasteiger partial charge >= 0.3 is 5.97 Å². The molecule has 0 aliphatic rings. The molecule has 24 heavy (non-hydrogen) atoms. The highest BCUT2D eigenvalue weighted by Crippen LogP contribution is 2.17. The number of hydrogen-bond acceptors (Lipinski definition) is 4. The zero-order valence-electron chi connectivity index (χ0n) is 13.5. The lowest BCUT2D eigenvalue weighted by molar-refractivity contribution is -0.140. The van der Waals surface area contributed by atoms with E-state index in [-0.39, 0.29) is 12.4 Å². The van der Waals surface area contributed by atoms with Crippen LogP contribution in [-0.2, 0) is 9.53 Å². The first-order valence-electron chi connectivity index (χ1n) is 7.50. The van der Waals surface area contributed by atoms with Crippen LogP contribution < -0.4 is 0 Å². The first-order valence-corrected chi connectivity index (χ1v) is 10.00. The maximum Gasteiger partial charge on any atom is 0.305 e. The van der Waals surface area contributed by atoms with Gasteiger partial charge in [-0.05, 0) is 42.8 Å². The fourth-order valence-electron chi connectivity index (χ4n) is 1.68. The standard InChI is InChI=1S/C17H23Br3O4/c1-24-17(23)10-4-9-16(22)15(20)8-3-7-14(21)6-2-5-13(19)11-12-18/h3,5,7-8,11-12,14,16,21-22H,2,4,6,9-10H2,1H3/b7-3+,12-11-,13-5-,15-8-/t14-,16-/m1/s1. The smallest absolute Gasteiger partial charge is 0.305 e. The molecule has 0 aliphatic carbocycles. The molecule has 0 fully saturated rings. The van der Waals surface area contributed by atoms with Crippen LogP contribution in [0.1, 0.15) is 32.1 Å². The van der Waals surface area contributed by atoms with Crippen molar-refractivity contribution in [3.8, 4) is 0 Å². The molecule has 0 aromatic rings. The van der Waals surface area contributed by atoms with Gasteiger partial charge in [0.1, 0.15) is 0 Å². The van der Waals surface area contributed by atoms with Gasteiger partial charge in [-0.3, -0.25) is 4.79 Å². The van der Waals surface area contributed by atoms with Gasteiger partial charge in [0.05, 0.1) is 19.3 Å². The number of aliphatic hydroxyl groups excluding tert-OH is 2. The number of hydrogen-bond donors (Lipinski definition) is 2. The van der Waals surface area contributed by atoms with Gasteiger partial charge in [-0.2, -0.15) is 0 Å². The molecule has 7 heteroatoms. The third kappa shape index (κ3) is 13.1. The average molecular weight is 531 g/mol. The lowest BCUT2D eigenvalue weighted by Crippen LogP contribution is -2.08. The van der Waals surface area contributed by atoms with Crippen molar-refractivity contribution in [1.29, 1.82) is 0 Å². The van der Waals surface area contributed by atoms with Gasteiger partial charge in [0.2, 0.25) is 0 Å². The summed E-state index contributed by atoms with van der Waals surface area (Å²) in [6.45, 7) is 0. The van der Waals surface area contributed by atoms with E-state index in [1.807, 2.05) is 12.2 Å². The number of allylic oxidation sites excluding steroid dienone is 5. The SMILES string of the molecule is COC(=O)CCC[C@@H](O)/C(Br)=C/C=C/[C@H](O)CC/C=C(Br)/C=C\Br. The molecule has 0 saturated heterocycles. The van der Waals surface area contributed by atoms with Gasteiger partial charge in [0.15, 0.2) is 0 Å². The first kappa shape index (κ1) is 23.8. The van der Waals surface area contributed by atoms with E-state index >= 15 is 0 Å². The van der Waals surface area contributed by atoms with Gasteiger partial charge in [0.25, 0.3) is 0 Å². The Morgan fingerprint density at radius 2 is 1.96 bits per heavy atom. The molecule has 0 heterocycles. The predicted molar refractivity (Wildman–Crippen MR) is 108 cm³/mol. The number of halogens is 3. The highest BCUT2D eigenvalue weighted by molar-refractivity contribution is 9.12. The minimum atomic E-state index is -0.675. The highest BCUT2D eigenvalue weighted by atomic mass is 79.9. The van der Waals surface area contributed by atoms with Crippen molar-refractivity contribution in [3.05, 3.63) is 44.3 Å². The Morgan fingerprint density at radius 3 is 2.58 bits per heavy atom.